The second kappa shape index (κ2) is 5.25. The van der Waals surface area contributed by atoms with Gasteiger partial charge in [0.25, 0.3) is 0 Å². The number of hydrogen-bond acceptors (Lipinski definition) is 2. The van der Waals surface area contributed by atoms with Crippen LogP contribution in [0.1, 0.15) is 62.6 Å². The first-order valence-corrected chi connectivity index (χ1v) is 7.08. The van der Waals surface area contributed by atoms with E-state index in [-0.39, 0.29) is 5.41 Å². The quantitative estimate of drug-likeness (QED) is 0.744. The molecule has 2 nitrogen and oxygen atoms in total. The Labute approximate surface area is 116 Å². The maximum Gasteiger partial charge on any atom is 0.126 e. The van der Waals surface area contributed by atoms with E-state index < -0.39 is 0 Å². The topological polar surface area (TPSA) is 33.0 Å². The molecule has 1 aliphatic heterocycles. The van der Waals surface area contributed by atoms with Crippen molar-refractivity contribution in [2.45, 2.75) is 58.3 Å². The lowest BCUT2D eigenvalue weighted by Crippen LogP contribution is -2.15. The molecule has 0 radical (unpaired) electrons. The average Bonchev–Trinajstić information content (AvgIpc) is 2.51. The second-order valence-corrected chi connectivity index (χ2v) is 6.53. The number of aryl methyl sites for hydroxylation is 1. The molecular formula is C17H23NO. The molecular weight excluding hydrogens is 234 g/mol. The first-order chi connectivity index (χ1) is 8.93. The fourth-order valence-electron chi connectivity index (χ4n) is 2.80. The third kappa shape index (κ3) is 2.92. The number of fused-ring (bicyclic) bond motifs is 1. The minimum Gasteiger partial charge on any atom is -0.493 e. The molecule has 1 atom stereocenters. The monoisotopic (exact) mass is 257 g/mol. The molecule has 0 saturated carbocycles. The van der Waals surface area contributed by atoms with Crippen molar-refractivity contribution in [3.8, 4) is 11.8 Å². The summed E-state index contributed by atoms with van der Waals surface area (Å²) in [5.41, 5.74) is 3.84. The largest absolute Gasteiger partial charge is 0.493 e. The summed E-state index contributed by atoms with van der Waals surface area (Å²) in [4.78, 5) is 0. The highest BCUT2D eigenvalue weighted by molar-refractivity contribution is 5.50. The van der Waals surface area contributed by atoms with Crippen molar-refractivity contribution < 1.29 is 4.74 Å². The van der Waals surface area contributed by atoms with Crippen molar-refractivity contribution in [2.24, 2.45) is 0 Å². The summed E-state index contributed by atoms with van der Waals surface area (Å²) in [5.74, 6) is 1.36. The molecule has 0 aliphatic carbocycles. The summed E-state index contributed by atoms with van der Waals surface area (Å²) in [5, 5.41) is 9.04. The van der Waals surface area contributed by atoms with Gasteiger partial charge in [-0.05, 0) is 30.7 Å². The number of benzene rings is 1. The van der Waals surface area contributed by atoms with Gasteiger partial charge in [-0.15, -0.1) is 0 Å². The lowest BCUT2D eigenvalue weighted by atomic mass is 9.81. The van der Waals surface area contributed by atoms with Gasteiger partial charge in [-0.25, -0.2) is 0 Å². The number of ether oxygens (including phenoxy) is 1. The Morgan fingerprint density at radius 2 is 2.11 bits per heavy atom. The summed E-state index contributed by atoms with van der Waals surface area (Å²) in [6.45, 7) is 9.55. The zero-order valence-electron chi connectivity index (χ0n) is 12.4. The molecule has 2 heteroatoms. The van der Waals surface area contributed by atoms with Crippen LogP contribution in [0.2, 0.25) is 0 Å². The van der Waals surface area contributed by atoms with E-state index >= 15 is 0 Å². The third-order valence-electron chi connectivity index (χ3n) is 3.79. The van der Waals surface area contributed by atoms with E-state index in [1.54, 1.807) is 0 Å². The fourth-order valence-corrected chi connectivity index (χ4v) is 2.80. The zero-order valence-corrected chi connectivity index (χ0v) is 12.4. The van der Waals surface area contributed by atoms with Crippen LogP contribution < -0.4 is 4.74 Å². The Bertz CT molecular complexity index is 505. The van der Waals surface area contributed by atoms with Crippen LogP contribution in [-0.4, -0.2) is 6.61 Å². The SMILES string of the molecule is Cc1cc2c(c(C(C)(C)C)c1)OCCCC2CC#N. The van der Waals surface area contributed by atoms with Crippen molar-refractivity contribution in [1.82, 2.24) is 0 Å². The minimum absolute atomic E-state index is 0.0671. The highest BCUT2D eigenvalue weighted by Gasteiger charge is 2.27. The van der Waals surface area contributed by atoms with Gasteiger partial charge >= 0.3 is 0 Å². The molecule has 0 spiro atoms. The van der Waals surface area contributed by atoms with Crippen LogP contribution in [0.5, 0.6) is 5.75 Å². The molecule has 0 aromatic heterocycles. The molecule has 1 aromatic carbocycles. The predicted octanol–water partition coefficient (Wildman–Crippen LogP) is 4.46. The van der Waals surface area contributed by atoms with Crippen LogP contribution in [0.25, 0.3) is 0 Å². The van der Waals surface area contributed by atoms with Gasteiger partial charge in [-0.1, -0.05) is 38.5 Å². The van der Waals surface area contributed by atoms with Crippen molar-refractivity contribution in [2.75, 3.05) is 6.61 Å². The van der Waals surface area contributed by atoms with Gasteiger partial charge in [-0.3, -0.25) is 0 Å². The smallest absolute Gasteiger partial charge is 0.126 e. The van der Waals surface area contributed by atoms with E-state index in [4.69, 9.17) is 10.00 Å². The number of hydrogen-bond donors (Lipinski definition) is 0. The Morgan fingerprint density at radius 3 is 2.74 bits per heavy atom. The highest BCUT2D eigenvalue weighted by atomic mass is 16.5. The summed E-state index contributed by atoms with van der Waals surface area (Å²) < 4.78 is 6.03. The summed E-state index contributed by atoms with van der Waals surface area (Å²) in [6, 6.07) is 6.76. The van der Waals surface area contributed by atoms with E-state index in [1.165, 1.54) is 16.7 Å². The van der Waals surface area contributed by atoms with Gasteiger partial charge in [0.15, 0.2) is 0 Å². The van der Waals surface area contributed by atoms with E-state index in [0.717, 1.165) is 25.2 Å². The molecule has 19 heavy (non-hydrogen) atoms. The van der Waals surface area contributed by atoms with Gasteiger partial charge in [0.05, 0.1) is 12.7 Å². The molecule has 1 unspecified atom stereocenters. The first-order valence-electron chi connectivity index (χ1n) is 7.08. The summed E-state index contributed by atoms with van der Waals surface area (Å²) >= 11 is 0. The van der Waals surface area contributed by atoms with E-state index in [0.29, 0.717) is 12.3 Å². The average molecular weight is 257 g/mol. The van der Waals surface area contributed by atoms with Crippen molar-refractivity contribution >= 4 is 0 Å². The van der Waals surface area contributed by atoms with Crippen molar-refractivity contribution in [1.29, 1.82) is 5.26 Å². The molecule has 0 saturated heterocycles. The molecule has 1 aromatic rings. The number of nitriles is 1. The Kier molecular flexibility index (Phi) is 3.85. The van der Waals surface area contributed by atoms with Crippen molar-refractivity contribution in [3.63, 3.8) is 0 Å². The Balaban J connectivity index is 2.59. The Morgan fingerprint density at radius 1 is 1.37 bits per heavy atom. The normalized spacial score (nSPS) is 19.0. The molecule has 1 aliphatic rings. The molecule has 102 valence electrons. The molecule has 0 amide bonds. The lowest BCUT2D eigenvalue weighted by Gasteiger charge is -2.26. The van der Waals surface area contributed by atoms with E-state index in [1.807, 2.05) is 0 Å². The standard InChI is InChI=1S/C17H23NO/c1-12-10-14-13(7-8-18)6-5-9-19-16(14)15(11-12)17(2,3)4/h10-11,13H,5-7,9H2,1-4H3. The molecule has 1 heterocycles. The lowest BCUT2D eigenvalue weighted by molar-refractivity contribution is 0.308. The maximum atomic E-state index is 9.04. The summed E-state index contributed by atoms with van der Waals surface area (Å²) in [6.07, 6.45) is 2.67. The van der Waals surface area contributed by atoms with Gasteiger partial charge in [0.2, 0.25) is 0 Å². The fraction of sp³-hybridized carbons (Fsp3) is 0.588. The molecule has 2 rings (SSSR count). The van der Waals surface area contributed by atoms with Crippen LogP contribution in [-0.2, 0) is 5.41 Å². The minimum atomic E-state index is 0.0671. The second-order valence-electron chi connectivity index (χ2n) is 6.53. The molecule has 0 fully saturated rings. The predicted molar refractivity (Wildman–Crippen MR) is 77.6 cm³/mol. The number of rotatable bonds is 1. The van der Waals surface area contributed by atoms with Crippen LogP contribution >= 0.6 is 0 Å². The molecule has 0 bridgehead atoms. The van der Waals surface area contributed by atoms with Crippen LogP contribution in [0.15, 0.2) is 12.1 Å². The van der Waals surface area contributed by atoms with Gasteiger partial charge in [-0.2, -0.15) is 5.26 Å². The highest BCUT2D eigenvalue weighted by Crippen LogP contribution is 2.42. The van der Waals surface area contributed by atoms with Crippen LogP contribution in [0.3, 0.4) is 0 Å². The summed E-state index contributed by atoms with van der Waals surface area (Å²) in [7, 11) is 0. The van der Waals surface area contributed by atoms with E-state index in [9.17, 15) is 0 Å². The van der Waals surface area contributed by atoms with Crippen LogP contribution in [0, 0.1) is 18.3 Å². The Hall–Kier alpha value is -1.49. The van der Waals surface area contributed by atoms with Crippen molar-refractivity contribution in [3.05, 3.63) is 28.8 Å². The maximum absolute atomic E-state index is 9.04. The molecule has 0 N–H and O–H groups in total. The van der Waals surface area contributed by atoms with E-state index in [2.05, 4.69) is 45.9 Å². The van der Waals surface area contributed by atoms with Gasteiger partial charge < -0.3 is 4.74 Å². The number of nitrogens with zero attached hydrogens (tertiary/aromatic N) is 1. The third-order valence-corrected chi connectivity index (χ3v) is 3.79. The van der Waals surface area contributed by atoms with Gasteiger partial charge in [0, 0.05) is 17.9 Å². The first kappa shape index (κ1) is 13.9. The van der Waals surface area contributed by atoms with Gasteiger partial charge in [0.1, 0.15) is 5.75 Å². The zero-order chi connectivity index (χ0) is 14.0. The van der Waals surface area contributed by atoms with Crippen LogP contribution in [0.4, 0.5) is 0 Å².